The van der Waals surface area contributed by atoms with E-state index in [9.17, 15) is 24.0 Å². The Hall–Kier alpha value is -3.98. The lowest BCUT2D eigenvalue weighted by Gasteiger charge is -2.48. The summed E-state index contributed by atoms with van der Waals surface area (Å²) >= 11 is 0. The first-order chi connectivity index (χ1) is 25.2. The minimum Gasteiger partial charge on any atom is -0.457 e. The van der Waals surface area contributed by atoms with Gasteiger partial charge in [0.25, 0.3) is 0 Å². The summed E-state index contributed by atoms with van der Waals surface area (Å²) in [6.45, 7) is 15.4. The van der Waals surface area contributed by atoms with Gasteiger partial charge in [-0.2, -0.15) is 0 Å². The van der Waals surface area contributed by atoms with Crippen LogP contribution in [0.1, 0.15) is 85.0 Å². The zero-order chi connectivity index (χ0) is 40.3. The number of benzene rings is 1. The van der Waals surface area contributed by atoms with Crippen LogP contribution in [0.15, 0.2) is 54.3 Å². The number of ether oxygens (including phenoxy) is 6. The Bertz CT molecular complexity index is 1630. The molecule has 3 aliphatic heterocycles. The van der Waals surface area contributed by atoms with Gasteiger partial charge in [0.1, 0.15) is 12.0 Å². The Kier molecular flexibility index (Phi) is 13.3. The Morgan fingerprint density at radius 3 is 2.33 bits per heavy atom. The summed E-state index contributed by atoms with van der Waals surface area (Å²) in [4.78, 5) is 70.3. The van der Waals surface area contributed by atoms with Gasteiger partial charge >= 0.3 is 18.0 Å². The number of ketones is 2. The summed E-state index contributed by atoms with van der Waals surface area (Å²) in [6, 6.07) is 7.97. The Morgan fingerprint density at radius 1 is 1.09 bits per heavy atom. The number of Topliss-reactive ketones (excluding diaryl/α,β-unsaturated/α-hetero) is 2. The third-order valence-corrected chi connectivity index (χ3v) is 10.7. The number of halogens is 1. The third kappa shape index (κ3) is 8.77. The van der Waals surface area contributed by atoms with E-state index in [2.05, 4.69) is 11.9 Å². The molecule has 0 bridgehead atoms. The average molecular weight is 759 g/mol. The zero-order valence-corrected chi connectivity index (χ0v) is 32.9. The molecule has 4 rings (SSSR count). The molecule has 0 saturated carbocycles. The van der Waals surface area contributed by atoms with Crippen LogP contribution in [0.4, 0.5) is 9.18 Å². The normalized spacial score (nSPS) is 38.1. The van der Waals surface area contributed by atoms with Gasteiger partial charge in [-0.15, -0.1) is 6.58 Å². The van der Waals surface area contributed by atoms with Gasteiger partial charge in [0.05, 0.1) is 41.7 Å². The highest BCUT2D eigenvalue weighted by Crippen LogP contribution is 2.42. The van der Waals surface area contributed by atoms with Crippen LogP contribution in [0.25, 0.3) is 0 Å². The molecule has 1 amide bonds. The average Bonchev–Trinajstić information content (AvgIpc) is 3.44. The van der Waals surface area contributed by atoms with Gasteiger partial charge in [0.2, 0.25) is 0 Å². The molecule has 1 aromatic rings. The number of alkyl carbamates (subject to hydrolysis) is 1. The highest BCUT2D eigenvalue weighted by atomic mass is 19.1. The van der Waals surface area contributed by atoms with Crippen molar-refractivity contribution in [1.82, 2.24) is 10.2 Å². The fourth-order valence-corrected chi connectivity index (χ4v) is 7.87. The summed E-state index contributed by atoms with van der Waals surface area (Å²) in [7, 11) is 3.65. The maximum absolute atomic E-state index is 17.3. The fourth-order valence-electron chi connectivity index (χ4n) is 7.87. The van der Waals surface area contributed by atoms with Crippen molar-refractivity contribution < 1.29 is 56.8 Å². The number of hydrogen-bond acceptors (Lipinski definition) is 12. The van der Waals surface area contributed by atoms with E-state index in [1.165, 1.54) is 40.7 Å². The number of hydrogen-bond donors (Lipinski definition) is 1. The van der Waals surface area contributed by atoms with Gasteiger partial charge in [-0.3, -0.25) is 19.7 Å². The van der Waals surface area contributed by atoms with Crippen LogP contribution in [0.5, 0.6) is 0 Å². The van der Waals surface area contributed by atoms with Crippen LogP contribution in [-0.4, -0.2) is 109 Å². The van der Waals surface area contributed by atoms with Crippen LogP contribution in [0, 0.1) is 11.8 Å². The highest BCUT2D eigenvalue weighted by molar-refractivity contribution is 6.03. The molecule has 3 aliphatic rings. The van der Waals surface area contributed by atoms with Crippen molar-refractivity contribution in [3.63, 3.8) is 0 Å². The topological polar surface area (TPSA) is 156 Å². The van der Waals surface area contributed by atoms with Gasteiger partial charge in [-0.1, -0.05) is 38.1 Å². The van der Waals surface area contributed by atoms with Crippen LogP contribution in [0.2, 0.25) is 0 Å². The van der Waals surface area contributed by atoms with Crippen molar-refractivity contribution in [2.45, 2.75) is 128 Å². The van der Waals surface area contributed by atoms with E-state index in [0.29, 0.717) is 12.0 Å². The van der Waals surface area contributed by atoms with Gasteiger partial charge in [0.15, 0.2) is 35.2 Å². The van der Waals surface area contributed by atoms with Gasteiger partial charge in [-0.25, -0.2) is 14.0 Å². The molecule has 13 nitrogen and oxygen atoms in total. The number of allylic oxidation sites excluding steroid dienone is 1. The van der Waals surface area contributed by atoms with E-state index in [0.717, 1.165) is 6.92 Å². The summed E-state index contributed by atoms with van der Waals surface area (Å²) in [6.07, 6.45) is -4.90. The summed E-state index contributed by atoms with van der Waals surface area (Å²) in [5, 5.41) is 2.51. The molecule has 1 N–H and O–H groups in total. The van der Waals surface area contributed by atoms with E-state index in [1.807, 2.05) is 25.9 Å². The van der Waals surface area contributed by atoms with Crippen molar-refractivity contribution in [3.05, 3.63) is 59.8 Å². The van der Waals surface area contributed by atoms with E-state index in [-0.39, 0.29) is 24.3 Å². The number of likely N-dealkylation sites (N-methyl/N-ethyl adjacent to an activating group) is 1. The lowest BCUT2D eigenvalue weighted by molar-refractivity contribution is -0.297. The first-order valence-corrected chi connectivity index (χ1v) is 18.4. The number of alkyl halides is 1. The summed E-state index contributed by atoms with van der Waals surface area (Å²) in [5.41, 5.74) is -6.10. The Balaban J connectivity index is 1.89. The molecule has 298 valence electrons. The predicted octanol–water partition coefficient (Wildman–Crippen LogP) is 5.26. The minimum absolute atomic E-state index is 0.0608. The molecule has 14 heteroatoms. The van der Waals surface area contributed by atoms with Crippen molar-refractivity contribution in [3.8, 4) is 0 Å². The van der Waals surface area contributed by atoms with E-state index >= 15 is 4.39 Å². The van der Waals surface area contributed by atoms with Crippen LogP contribution >= 0.6 is 0 Å². The summed E-state index contributed by atoms with van der Waals surface area (Å²) in [5.74, 6) is -5.77. The van der Waals surface area contributed by atoms with Gasteiger partial charge < -0.3 is 33.3 Å². The number of carbonyl (C=O) groups excluding carboxylic acids is 5. The number of cyclic esters (lactones) is 1. The second-order valence-corrected chi connectivity index (χ2v) is 15.4. The van der Waals surface area contributed by atoms with Crippen molar-refractivity contribution in [2.75, 3.05) is 20.7 Å². The quantitative estimate of drug-likeness (QED) is 0.151. The van der Waals surface area contributed by atoms with E-state index in [4.69, 9.17) is 28.4 Å². The lowest BCUT2D eigenvalue weighted by Crippen LogP contribution is -2.61. The standard InChI is InChI=1S/C40H55FN2O11/c1-12-19-49-39(8)21-38(7,41)32(45)25(6)31-40(9,54-37(48)42-31)28(13-2)51-34(46)24(5)29(44)23(4)33(39)53-36-30(27(43(10)11)20-22(3)50-36)52-35(47)26-17-15-14-16-18-26/h12,14-18,22-24,27-28,30,33,36H,1,13,19-21H2,2-11H3,(H,42,48)/b31-25-/t22-,23+,24-,27+,28-,30-,33-,36+,38+,39-,40-/m1/s1. The second kappa shape index (κ2) is 16.8. The largest absolute Gasteiger partial charge is 0.457 e. The molecule has 11 atom stereocenters. The number of carbonyl (C=O) groups is 5. The highest BCUT2D eigenvalue weighted by Gasteiger charge is 2.56. The molecular weight excluding hydrogens is 703 g/mol. The molecule has 0 aromatic heterocycles. The van der Waals surface area contributed by atoms with E-state index in [1.54, 1.807) is 37.3 Å². The maximum Gasteiger partial charge on any atom is 0.412 e. The molecular formula is C40H55FN2O11. The van der Waals surface area contributed by atoms with Crippen LogP contribution in [0.3, 0.4) is 0 Å². The number of nitrogens with one attached hydrogen (secondary N) is 1. The maximum atomic E-state index is 17.3. The Labute approximate surface area is 316 Å². The second-order valence-electron chi connectivity index (χ2n) is 15.4. The van der Waals surface area contributed by atoms with Crippen LogP contribution < -0.4 is 5.32 Å². The number of nitrogens with zero attached hydrogens (tertiary/aromatic N) is 1. The predicted molar refractivity (Wildman–Crippen MR) is 195 cm³/mol. The number of esters is 2. The number of fused-ring (bicyclic) bond motifs is 1. The molecule has 2 fully saturated rings. The van der Waals surface area contributed by atoms with Crippen molar-refractivity contribution in [1.29, 1.82) is 0 Å². The molecule has 0 aliphatic carbocycles. The fraction of sp³-hybridized carbons (Fsp3) is 0.625. The molecule has 0 radical (unpaired) electrons. The lowest BCUT2D eigenvalue weighted by atomic mass is 9.75. The molecule has 0 spiro atoms. The SMILES string of the molecule is C=CCO[C@]1(C)C[C@](C)(F)C(=O)/C(C)=C2\NC(=O)O[C@]2(C)[C@@H](CC)OC(=O)[C@H](C)C(=O)[C@H](C)[C@H]1O[C@@H]1O[C@H](C)C[C@H](N(C)C)[C@H]1OC(=O)c1ccccc1. The first-order valence-electron chi connectivity index (χ1n) is 18.4. The van der Waals surface area contributed by atoms with Crippen molar-refractivity contribution >= 4 is 29.6 Å². The molecule has 3 heterocycles. The van der Waals surface area contributed by atoms with Crippen LogP contribution in [-0.2, 0) is 42.8 Å². The van der Waals surface area contributed by atoms with E-state index < -0.39 is 101 Å². The van der Waals surface area contributed by atoms with Gasteiger partial charge in [-0.05, 0) is 80.6 Å². The zero-order valence-electron chi connectivity index (χ0n) is 32.9. The van der Waals surface area contributed by atoms with Crippen molar-refractivity contribution in [2.24, 2.45) is 11.8 Å². The molecule has 0 unspecified atom stereocenters. The minimum atomic E-state index is -2.69. The molecule has 54 heavy (non-hydrogen) atoms. The molecule has 1 aromatic carbocycles. The smallest absolute Gasteiger partial charge is 0.412 e. The number of rotatable bonds is 9. The van der Waals surface area contributed by atoms with Gasteiger partial charge in [0, 0.05) is 17.9 Å². The monoisotopic (exact) mass is 758 g/mol. The summed E-state index contributed by atoms with van der Waals surface area (Å²) < 4.78 is 54.1. The Morgan fingerprint density at radius 2 is 1.74 bits per heavy atom. The molecule has 2 saturated heterocycles. The first kappa shape index (κ1) is 42.8. The third-order valence-electron chi connectivity index (χ3n) is 10.7. The number of amides is 1.